The van der Waals surface area contributed by atoms with Crippen molar-refractivity contribution in [2.45, 2.75) is 31.0 Å². The summed E-state index contributed by atoms with van der Waals surface area (Å²) in [4.78, 5) is 30.6. The van der Waals surface area contributed by atoms with E-state index in [-0.39, 0.29) is 6.07 Å². The smallest absolute Gasteiger partial charge is 0.416 e. The van der Waals surface area contributed by atoms with Gasteiger partial charge in [-0.3, -0.25) is 4.79 Å². The number of carbonyl (C=O) groups is 2. The predicted octanol–water partition coefficient (Wildman–Crippen LogP) is 4.08. The SMILES string of the molecule is CN1C(=O)OC(c2cc(C(F)(F)F)cc(C(F)(F)F)c2)C1CO.O=CNCc1cccc2cncnc12. The number of hydrogen-bond donors (Lipinski definition) is 2. The van der Waals surface area contributed by atoms with Crippen molar-refractivity contribution in [1.82, 2.24) is 20.2 Å². The first-order chi connectivity index (χ1) is 17.4. The number of halogens is 6. The molecule has 3 aromatic rings. The molecule has 1 saturated heterocycles. The van der Waals surface area contributed by atoms with Gasteiger partial charge < -0.3 is 20.1 Å². The van der Waals surface area contributed by atoms with Gasteiger partial charge in [0.15, 0.2) is 6.10 Å². The summed E-state index contributed by atoms with van der Waals surface area (Å²) in [6.07, 6.45) is -8.43. The van der Waals surface area contributed by atoms with Crippen LogP contribution in [-0.4, -0.2) is 52.2 Å². The molecular formula is C23H20F6N4O4. The minimum absolute atomic E-state index is 0.0159. The summed E-state index contributed by atoms with van der Waals surface area (Å²) < 4.78 is 81.7. The number of hydrogen-bond acceptors (Lipinski definition) is 6. The number of ether oxygens (including phenoxy) is 1. The molecule has 2 unspecified atom stereocenters. The molecule has 4 rings (SSSR count). The maximum absolute atomic E-state index is 12.8. The number of aliphatic hydroxyl groups excluding tert-OH is 1. The fraction of sp³-hybridized carbons (Fsp3) is 0.304. The van der Waals surface area contributed by atoms with E-state index in [1.54, 1.807) is 6.20 Å². The predicted molar refractivity (Wildman–Crippen MR) is 117 cm³/mol. The number of para-hydroxylation sites is 1. The number of nitrogens with one attached hydrogen (secondary N) is 1. The van der Waals surface area contributed by atoms with Gasteiger partial charge in [-0.05, 0) is 29.3 Å². The normalized spacial score (nSPS) is 17.7. The van der Waals surface area contributed by atoms with Gasteiger partial charge in [-0.1, -0.05) is 18.2 Å². The lowest BCUT2D eigenvalue weighted by molar-refractivity contribution is -0.143. The van der Waals surface area contributed by atoms with Gasteiger partial charge in [0.2, 0.25) is 6.41 Å². The fourth-order valence-electron chi connectivity index (χ4n) is 3.63. The molecule has 1 fully saturated rings. The highest BCUT2D eigenvalue weighted by Crippen LogP contribution is 2.40. The van der Waals surface area contributed by atoms with Crippen molar-refractivity contribution in [2.75, 3.05) is 13.7 Å². The molecule has 2 amide bonds. The van der Waals surface area contributed by atoms with Gasteiger partial charge in [0.05, 0.1) is 29.3 Å². The lowest BCUT2D eigenvalue weighted by Crippen LogP contribution is -2.33. The van der Waals surface area contributed by atoms with Crippen LogP contribution in [0.3, 0.4) is 0 Å². The molecule has 2 aromatic carbocycles. The Labute approximate surface area is 205 Å². The molecule has 37 heavy (non-hydrogen) atoms. The number of amides is 2. The van der Waals surface area contributed by atoms with Gasteiger partial charge in [0.1, 0.15) is 6.33 Å². The topological polar surface area (TPSA) is 105 Å². The summed E-state index contributed by atoms with van der Waals surface area (Å²) in [6.45, 7) is -0.178. The zero-order valence-corrected chi connectivity index (χ0v) is 19.0. The van der Waals surface area contributed by atoms with E-state index in [2.05, 4.69) is 15.3 Å². The number of likely N-dealkylation sites (N-methyl/N-ethyl adjacent to an activating group) is 1. The van der Waals surface area contributed by atoms with Crippen molar-refractivity contribution in [3.63, 3.8) is 0 Å². The van der Waals surface area contributed by atoms with Gasteiger partial charge >= 0.3 is 18.4 Å². The molecule has 1 aliphatic rings. The lowest BCUT2D eigenvalue weighted by Gasteiger charge is -2.21. The molecule has 2 N–H and O–H groups in total. The molecule has 8 nitrogen and oxygen atoms in total. The molecule has 0 radical (unpaired) electrons. The van der Waals surface area contributed by atoms with Crippen LogP contribution in [0.4, 0.5) is 31.1 Å². The number of aliphatic hydroxyl groups is 1. The van der Waals surface area contributed by atoms with Crippen LogP contribution in [-0.2, 0) is 28.4 Å². The second kappa shape index (κ2) is 11.0. The van der Waals surface area contributed by atoms with Gasteiger partial charge in [-0.25, -0.2) is 14.8 Å². The van der Waals surface area contributed by atoms with E-state index in [0.717, 1.165) is 21.4 Å². The number of alkyl halides is 6. The van der Waals surface area contributed by atoms with Crippen molar-refractivity contribution < 1.29 is 45.8 Å². The molecule has 198 valence electrons. The van der Waals surface area contributed by atoms with E-state index in [9.17, 15) is 41.0 Å². The highest BCUT2D eigenvalue weighted by molar-refractivity contribution is 5.80. The zero-order valence-electron chi connectivity index (χ0n) is 19.0. The molecule has 0 saturated carbocycles. The quantitative estimate of drug-likeness (QED) is 0.381. The van der Waals surface area contributed by atoms with Crippen LogP contribution in [0, 0.1) is 0 Å². The lowest BCUT2D eigenvalue weighted by atomic mass is 9.97. The number of nitrogens with zero attached hydrogens (tertiary/aromatic N) is 3. The average molecular weight is 530 g/mol. The van der Waals surface area contributed by atoms with Crippen LogP contribution in [0.1, 0.15) is 28.4 Å². The van der Waals surface area contributed by atoms with Crippen molar-refractivity contribution in [3.05, 3.63) is 71.2 Å². The Hall–Kier alpha value is -3.94. The zero-order chi connectivity index (χ0) is 27.4. The van der Waals surface area contributed by atoms with Crippen molar-refractivity contribution in [1.29, 1.82) is 0 Å². The number of benzene rings is 2. The highest BCUT2D eigenvalue weighted by Gasteiger charge is 2.43. The molecule has 2 heterocycles. The van der Waals surface area contributed by atoms with Crippen LogP contribution in [0.2, 0.25) is 0 Å². The van der Waals surface area contributed by atoms with Crippen molar-refractivity contribution >= 4 is 23.4 Å². The van der Waals surface area contributed by atoms with Crippen molar-refractivity contribution in [3.8, 4) is 0 Å². The minimum atomic E-state index is -5.00. The number of aromatic nitrogens is 2. The Morgan fingerprint density at radius 2 is 1.76 bits per heavy atom. The van der Waals surface area contributed by atoms with Crippen LogP contribution < -0.4 is 5.32 Å². The minimum Gasteiger partial charge on any atom is -0.439 e. The summed E-state index contributed by atoms with van der Waals surface area (Å²) in [5.74, 6) is 0. The van der Waals surface area contributed by atoms with Crippen LogP contribution in [0.5, 0.6) is 0 Å². The van der Waals surface area contributed by atoms with E-state index in [1.165, 1.54) is 13.4 Å². The molecule has 2 atom stereocenters. The summed E-state index contributed by atoms with van der Waals surface area (Å²) in [5, 5.41) is 12.8. The maximum Gasteiger partial charge on any atom is 0.416 e. The van der Waals surface area contributed by atoms with E-state index < -0.39 is 53.9 Å². The summed E-state index contributed by atoms with van der Waals surface area (Å²) in [7, 11) is 1.22. The Balaban J connectivity index is 0.000000231. The molecule has 0 bridgehead atoms. The first-order valence-electron chi connectivity index (χ1n) is 10.5. The van der Waals surface area contributed by atoms with Gasteiger partial charge in [-0.2, -0.15) is 26.3 Å². The Kier molecular flexibility index (Phi) is 8.21. The average Bonchev–Trinajstić information content (AvgIpc) is 3.15. The van der Waals surface area contributed by atoms with Crippen LogP contribution >= 0.6 is 0 Å². The standard InChI is InChI=1S/C13H11F6NO3.C10H9N3O/c1-20-9(5-21)10(23-11(20)22)6-2-7(12(14,15)16)4-8(3-6)13(17,18)19;14-7-12-5-9-3-1-2-8-4-11-6-13-10(8)9/h2-4,9-10,21H,5H2,1H3;1-4,6-7H,5H2,(H,12,14). The molecule has 14 heteroatoms. The molecule has 1 aromatic heterocycles. The third-order valence-corrected chi connectivity index (χ3v) is 5.48. The van der Waals surface area contributed by atoms with Crippen molar-refractivity contribution in [2.24, 2.45) is 0 Å². The number of carbonyl (C=O) groups excluding carboxylic acids is 2. The van der Waals surface area contributed by atoms with Gasteiger partial charge in [0, 0.05) is 25.2 Å². The van der Waals surface area contributed by atoms with Crippen LogP contribution in [0.15, 0.2) is 48.9 Å². The van der Waals surface area contributed by atoms with E-state index in [1.807, 2.05) is 18.2 Å². The Morgan fingerprint density at radius 1 is 1.11 bits per heavy atom. The van der Waals surface area contributed by atoms with E-state index in [0.29, 0.717) is 25.1 Å². The molecule has 0 spiro atoms. The van der Waals surface area contributed by atoms with Crippen LogP contribution in [0.25, 0.3) is 10.9 Å². The highest BCUT2D eigenvalue weighted by atomic mass is 19.4. The Bertz CT molecular complexity index is 1230. The van der Waals surface area contributed by atoms with Gasteiger partial charge in [0.25, 0.3) is 0 Å². The number of fused-ring (bicyclic) bond motifs is 1. The van der Waals surface area contributed by atoms with E-state index in [4.69, 9.17) is 4.74 Å². The number of cyclic esters (lactones) is 1. The summed E-state index contributed by atoms with van der Waals surface area (Å²) >= 11 is 0. The maximum atomic E-state index is 12.8. The first kappa shape index (κ1) is 27.6. The molecule has 1 aliphatic heterocycles. The summed E-state index contributed by atoms with van der Waals surface area (Å²) in [6, 6.07) is 5.67. The molecule has 0 aliphatic carbocycles. The third kappa shape index (κ3) is 6.44. The molecular weight excluding hydrogens is 510 g/mol. The fourth-order valence-corrected chi connectivity index (χ4v) is 3.63. The first-order valence-corrected chi connectivity index (χ1v) is 10.5. The monoisotopic (exact) mass is 530 g/mol. The largest absolute Gasteiger partial charge is 0.439 e. The third-order valence-electron chi connectivity index (χ3n) is 5.48. The van der Waals surface area contributed by atoms with E-state index >= 15 is 0 Å². The van der Waals surface area contributed by atoms with Gasteiger partial charge in [-0.15, -0.1) is 0 Å². The number of rotatable bonds is 5. The second-order valence-corrected chi connectivity index (χ2v) is 7.88. The summed E-state index contributed by atoms with van der Waals surface area (Å²) in [5.41, 5.74) is -1.62. The Morgan fingerprint density at radius 3 is 2.32 bits per heavy atom. The second-order valence-electron chi connectivity index (χ2n) is 7.88.